The number of hydrogen-bond acceptors (Lipinski definition) is 7. The number of carbonyl (C=O) groups is 1. The second-order valence-corrected chi connectivity index (χ2v) is 13.4. The van der Waals surface area contributed by atoms with E-state index in [0.717, 1.165) is 21.2 Å². The van der Waals surface area contributed by atoms with E-state index >= 15 is 0 Å². The normalized spacial score (nSPS) is 11.1. The number of amides is 1. The Bertz CT molecular complexity index is 2210. The quantitative estimate of drug-likeness (QED) is 0.189. The van der Waals surface area contributed by atoms with Crippen LogP contribution in [0.25, 0.3) is 10.1 Å². The van der Waals surface area contributed by atoms with Gasteiger partial charge >= 0.3 is 0 Å². The zero-order chi connectivity index (χ0) is 32.1. The number of sulfonamides is 1. The largest absolute Gasteiger partial charge is 0.347 e. The Morgan fingerprint density at radius 1 is 0.870 bits per heavy atom. The molecule has 4 aromatic carbocycles. The van der Waals surface area contributed by atoms with Crippen molar-refractivity contribution in [1.29, 1.82) is 10.5 Å². The third-order valence-corrected chi connectivity index (χ3v) is 10.3. The number of nitriles is 2. The lowest BCUT2D eigenvalue weighted by molar-refractivity contribution is 0.0955. The van der Waals surface area contributed by atoms with Crippen LogP contribution in [0, 0.1) is 22.7 Å². The molecule has 0 aliphatic heterocycles. The molecule has 0 aliphatic rings. The van der Waals surface area contributed by atoms with Crippen LogP contribution in [0.3, 0.4) is 0 Å². The fourth-order valence-electron chi connectivity index (χ4n) is 4.95. The maximum atomic E-state index is 14.1. The summed E-state index contributed by atoms with van der Waals surface area (Å²) in [5.41, 5.74) is 4.05. The molecular formula is C35H26N6O3S2. The molecule has 46 heavy (non-hydrogen) atoms. The number of fused-ring (bicyclic) bond motifs is 1. The highest BCUT2D eigenvalue weighted by molar-refractivity contribution is 7.92. The molecule has 2 aromatic heterocycles. The molecule has 226 valence electrons. The van der Waals surface area contributed by atoms with Crippen LogP contribution in [0.1, 0.15) is 37.6 Å². The molecule has 0 saturated carbocycles. The molecule has 0 aliphatic carbocycles. The molecule has 0 atom stereocenters. The van der Waals surface area contributed by atoms with E-state index in [-0.39, 0.29) is 17.3 Å². The number of nitrogens with one attached hydrogen (secondary N) is 1. The van der Waals surface area contributed by atoms with Gasteiger partial charge in [-0.2, -0.15) is 10.5 Å². The Kier molecular flexibility index (Phi) is 8.61. The van der Waals surface area contributed by atoms with Crippen LogP contribution in [-0.2, 0) is 29.7 Å². The average Bonchev–Trinajstić information content (AvgIpc) is 3.73. The van der Waals surface area contributed by atoms with Gasteiger partial charge < -0.3 is 9.88 Å². The first-order valence-electron chi connectivity index (χ1n) is 14.2. The van der Waals surface area contributed by atoms with Crippen LogP contribution in [0.5, 0.6) is 0 Å². The first-order valence-corrected chi connectivity index (χ1v) is 16.5. The summed E-state index contributed by atoms with van der Waals surface area (Å²) in [6.45, 7) is 0.773. The number of carbonyl (C=O) groups excluding carboxylic acids is 1. The van der Waals surface area contributed by atoms with Crippen molar-refractivity contribution in [2.75, 3.05) is 4.31 Å². The highest BCUT2D eigenvalue weighted by atomic mass is 32.2. The lowest BCUT2D eigenvalue weighted by Gasteiger charge is -2.25. The summed E-state index contributed by atoms with van der Waals surface area (Å²) >= 11 is 1.33. The van der Waals surface area contributed by atoms with E-state index in [4.69, 9.17) is 10.5 Å². The number of anilines is 1. The Morgan fingerprint density at radius 3 is 2.22 bits per heavy atom. The van der Waals surface area contributed by atoms with Gasteiger partial charge in [0.2, 0.25) is 0 Å². The number of nitrogens with zero attached hydrogens (tertiary/aromatic N) is 5. The van der Waals surface area contributed by atoms with Gasteiger partial charge in [0.1, 0.15) is 0 Å². The van der Waals surface area contributed by atoms with Crippen LogP contribution in [-0.4, -0.2) is 23.9 Å². The summed E-state index contributed by atoms with van der Waals surface area (Å²) in [6, 6.07) is 33.8. The van der Waals surface area contributed by atoms with E-state index in [9.17, 15) is 13.2 Å². The third-order valence-electron chi connectivity index (χ3n) is 7.42. The first-order chi connectivity index (χ1) is 22.3. The van der Waals surface area contributed by atoms with Crippen molar-refractivity contribution in [1.82, 2.24) is 14.9 Å². The molecule has 0 spiro atoms. The Morgan fingerprint density at radius 2 is 1.54 bits per heavy atom. The zero-order valence-electron chi connectivity index (χ0n) is 24.4. The summed E-state index contributed by atoms with van der Waals surface area (Å²) < 4.78 is 32.3. The Hall–Kier alpha value is -5.75. The smallest absolute Gasteiger partial charge is 0.264 e. The molecule has 6 rings (SSSR count). The maximum absolute atomic E-state index is 14.1. The van der Waals surface area contributed by atoms with Crippen LogP contribution in [0.15, 0.2) is 121 Å². The minimum Gasteiger partial charge on any atom is -0.347 e. The van der Waals surface area contributed by atoms with E-state index in [1.54, 1.807) is 97.5 Å². The molecule has 0 unspecified atom stereocenters. The zero-order valence-corrected chi connectivity index (χ0v) is 26.0. The molecule has 0 radical (unpaired) electrons. The topological polar surface area (TPSA) is 132 Å². The monoisotopic (exact) mass is 642 g/mol. The fourth-order valence-corrected chi connectivity index (χ4v) is 7.36. The number of thiophene rings is 1. The molecular weight excluding hydrogens is 617 g/mol. The first kappa shape index (κ1) is 30.3. The van der Waals surface area contributed by atoms with E-state index in [0.29, 0.717) is 40.5 Å². The van der Waals surface area contributed by atoms with E-state index in [2.05, 4.69) is 22.4 Å². The van der Waals surface area contributed by atoms with E-state index in [1.807, 2.05) is 22.8 Å². The molecule has 0 saturated heterocycles. The Labute approximate surface area is 270 Å². The molecule has 6 aromatic rings. The van der Waals surface area contributed by atoms with E-state index in [1.165, 1.54) is 15.6 Å². The fraction of sp³-hybridized carbons (Fsp3) is 0.0857. The van der Waals surface area contributed by atoms with Crippen molar-refractivity contribution in [2.24, 2.45) is 0 Å². The van der Waals surface area contributed by atoms with Crippen molar-refractivity contribution in [3.05, 3.63) is 148 Å². The van der Waals surface area contributed by atoms with Gasteiger partial charge in [-0.05, 0) is 77.2 Å². The predicted molar refractivity (Wildman–Crippen MR) is 176 cm³/mol. The summed E-state index contributed by atoms with van der Waals surface area (Å²) in [7, 11) is -3.99. The third kappa shape index (κ3) is 6.52. The van der Waals surface area contributed by atoms with Crippen LogP contribution >= 0.6 is 11.3 Å². The van der Waals surface area contributed by atoms with Gasteiger partial charge in [0.25, 0.3) is 15.9 Å². The van der Waals surface area contributed by atoms with E-state index < -0.39 is 10.0 Å². The highest BCUT2D eigenvalue weighted by Crippen LogP contribution is 2.33. The standard InChI is InChI=1S/C35H26N6O3S2/c36-18-25-6-10-27(11-7-25)20-39-35(42)34-17-29-16-30(14-15-33(29)45-34)41(46(43,44)32-4-2-1-3-5-32)23-31-21-38-24-40(31)22-28-12-8-26(19-37)9-13-28/h1-17,21,24H,20,22-23H2,(H,39,42). The molecule has 0 fully saturated rings. The molecule has 2 heterocycles. The van der Waals surface area contributed by atoms with Crippen molar-refractivity contribution < 1.29 is 13.2 Å². The molecule has 1 N–H and O–H groups in total. The molecule has 9 nitrogen and oxygen atoms in total. The Balaban J connectivity index is 1.29. The van der Waals surface area contributed by atoms with Gasteiger partial charge in [0.15, 0.2) is 0 Å². The minimum absolute atomic E-state index is 0.0150. The second-order valence-electron chi connectivity index (χ2n) is 10.5. The van der Waals surface area contributed by atoms with Gasteiger partial charge in [-0.25, -0.2) is 13.4 Å². The summed E-state index contributed by atoms with van der Waals surface area (Å²) in [4.78, 5) is 18.0. The number of rotatable bonds is 10. The van der Waals surface area contributed by atoms with Gasteiger partial charge in [-0.15, -0.1) is 11.3 Å². The molecule has 11 heteroatoms. The average molecular weight is 643 g/mol. The van der Waals surface area contributed by atoms with Crippen LogP contribution in [0.2, 0.25) is 0 Å². The van der Waals surface area contributed by atoms with Gasteiger partial charge in [0.05, 0.1) is 57.3 Å². The summed E-state index contributed by atoms with van der Waals surface area (Å²) in [5.74, 6) is -0.243. The number of aromatic nitrogens is 2. The van der Waals surface area contributed by atoms with Gasteiger partial charge in [-0.3, -0.25) is 9.10 Å². The van der Waals surface area contributed by atoms with Crippen LogP contribution in [0.4, 0.5) is 5.69 Å². The number of hydrogen-bond donors (Lipinski definition) is 1. The molecule has 0 bridgehead atoms. The minimum atomic E-state index is -3.99. The lowest BCUT2D eigenvalue weighted by atomic mass is 10.1. The maximum Gasteiger partial charge on any atom is 0.264 e. The van der Waals surface area contributed by atoms with Crippen molar-refractivity contribution >= 4 is 43.0 Å². The highest BCUT2D eigenvalue weighted by Gasteiger charge is 2.27. The number of benzene rings is 4. The van der Waals surface area contributed by atoms with Crippen LogP contribution < -0.4 is 9.62 Å². The van der Waals surface area contributed by atoms with Crippen molar-refractivity contribution in [3.63, 3.8) is 0 Å². The summed E-state index contributed by atoms with van der Waals surface area (Å²) in [6.07, 6.45) is 3.31. The van der Waals surface area contributed by atoms with Gasteiger partial charge in [-0.1, -0.05) is 42.5 Å². The number of imidazole rings is 1. The second kappa shape index (κ2) is 13.1. The SMILES string of the molecule is N#Cc1ccc(CNC(=O)c2cc3cc(N(Cc4cncn4Cc4ccc(C#N)cc4)S(=O)(=O)c4ccccc4)ccc3s2)cc1. The lowest BCUT2D eigenvalue weighted by Crippen LogP contribution is -2.31. The van der Waals surface area contributed by atoms with Crippen molar-refractivity contribution in [3.8, 4) is 12.1 Å². The van der Waals surface area contributed by atoms with Crippen molar-refractivity contribution in [2.45, 2.75) is 24.5 Å². The molecule has 1 amide bonds. The summed E-state index contributed by atoms with van der Waals surface area (Å²) in [5, 5.41) is 21.8. The predicted octanol–water partition coefficient (Wildman–Crippen LogP) is 6.21. The van der Waals surface area contributed by atoms with Gasteiger partial charge in [0, 0.05) is 24.0 Å².